The van der Waals surface area contributed by atoms with Crippen molar-refractivity contribution in [1.29, 1.82) is 0 Å². The van der Waals surface area contributed by atoms with Crippen molar-refractivity contribution < 1.29 is 24.2 Å². The molecule has 7 heteroatoms. The number of hydrogen-bond acceptors (Lipinski definition) is 4. The predicted octanol–water partition coefficient (Wildman–Crippen LogP) is 4.56. The van der Waals surface area contributed by atoms with Crippen LogP contribution in [0.4, 0.5) is 4.79 Å². The third kappa shape index (κ3) is 5.95. The summed E-state index contributed by atoms with van der Waals surface area (Å²) in [6.07, 6.45) is 0.607. The summed E-state index contributed by atoms with van der Waals surface area (Å²) >= 11 is 0. The first kappa shape index (κ1) is 25.3. The molecule has 0 saturated carbocycles. The molecule has 0 spiro atoms. The first-order chi connectivity index (χ1) is 16.1. The maximum Gasteiger partial charge on any atom is 0.407 e. The van der Waals surface area contributed by atoms with Crippen LogP contribution in [0.5, 0.6) is 0 Å². The van der Waals surface area contributed by atoms with E-state index < -0.39 is 23.5 Å². The second kappa shape index (κ2) is 10.7. The fourth-order valence-corrected chi connectivity index (χ4v) is 4.31. The molecule has 34 heavy (non-hydrogen) atoms. The van der Waals surface area contributed by atoms with Crippen LogP contribution in [0.15, 0.2) is 48.5 Å². The lowest BCUT2D eigenvalue weighted by Gasteiger charge is -2.28. The summed E-state index contributed by atoms with van der Waals surface area (Å²) in [5.41, 5.74) is 4.08. The molecular formula is C27H34N2O5. The van der Waals surface area contributed by atoms with Crippen LogP contribution in [0.25, 0.3) is 11.1 Å². The number of benzene rings is 2. The molecule has 2 atom stereocenters. The highest BCUT2D eigenvalue weighted by Gasteiger charge is 2.33. The normalized spacial score (nSPS) is 14.5. The number of carboxylic acid groups (broad SMARTS) is 1. The van der Waals surface area contributed by atoms with Crippen LogP contribution in [0.1, 0.15) is 57.6 Å². The highest BCUT2D eigenvalue weighted by molar-refractivity contribution is 5.85. The minimum atomic E-state index is -1.05. The summed E-state index contributed by atoms with van der Waals surface area (Å²) in [5, 5.41) is 14.7. The van der Waals surface area contributed by atoms with Crippen LogP contribution < -0.4 is 10.6 Å². The minimum absolute atomic E-state index is 0.00636. The van der Waals surface area contributed by atoms with E-state index in [0.29, 0.717) is 19.4 Å². The second-order valence-corrected chi connectivity index (χ2v) is 9.94. The van der Waals surface area contributed by atoms with Gasteiger partial charge in [0, 0.05) is 18.4 Å². The molecule has 0 aromatic heterocycles. The number of carboxylic acids is 1. The maximum atomic E-state index is 12.4. The van der Waals surface area contributed by atoms with Gasteiger partial charge in [-0.2, -0.15) is 0 Å². The number of ether oxygens (including phenoxy) is 1. The molecule has 7 nitrogen and oxygen atoms in total. The van der Waals surface area contributed by atoms with Gasteiger partial charge in [0.1, 0.15) is 12.6 Å². The lowest BCUT2D eigenvalue weighted by Crippen LogP contribution is -2.50. The average Bonchev–Trinajstić information content (AvgIpc) is 3.11. The molecule has 0 saturated heterocycles. The fourth-order valence-electron chi connectivity index (χ4n) is 4.31. The smallest absolute Gasteiger partial charge is 0.407 e. The van der Waals surface area contributed by atoms with E-state index in [4.69, 9.17) is 4.74 Å². The van der Waals surface area contributed by atoms with Gasteiger partial charge < -0.3 is 20.5 Å². The molecule has 1 unspecified atom stereocenters. The lowest BCUT2D eigenvalue weighted by atomic mass is 9.86. The van der Waals surface area contributed by atoms with Gasteiger partial charge in [0.15, 0.2) is 0 Å². The van der Waals surface area contributed by atoms with E-state index in [0.717, 1.165) is 11.1 Å². The standard InChI is InChI=1S/C27H34N2O5/c1-17(24(30)29-23(25(31)32)27(2,3)4)10-9-15-28-26(33)34-16-22-20-13-7-5-11-18(20)19-12-6-8-14-21(19)22/h5-8,11-14,17,22-23H,9-10,15-16H2,1-4H3,(H,28,33)(H,29,30)(H,31,32)/t17?,23-/m1/s1. The van der Waals surface area contributed by atoms with E-state index in [1.54, 1.807) is 27.7 Å². The van der Waals surface area contributed by atoms with E-state index >= 15 is 0 Å². The van der Waals surface area contributed by atoms with E-state index in [1.807, 2.05) is 24.3 Å². The Morgan fingerprint density at radius 3 is 2.09 bits per heavy atom. The van der Waals surface area contributed by atoms with Crippen LogP contribution in [0, 0.1) is 11.3 Å². The van der Waals surface area contributed by atoms with Crippen LogP contribution in [0.3, 0.4) is 0 Å². The molecule has 3 rings (SSSR count). The Kier molecular flexibility index (Phi) is 7.97. The van der Waals surface area contributed by atoms with Gasteiger partial charge in [0.2, 0.25) is 5.91 Å². The Bertz CT molecular complexity index is 998. The van der Waals surface area contributed by atoms with Crippen molar-refractivity contribution in [2.24, 2.45) is 11.3 Å². The first-order valence-electron chi connectivity index (χ1n) is 11.7. The lowest BCUT2D eigenvalue weighted by molar-refractivity contribution is -0.145. The molecule has 182 valence electrons. The zero-order valence-corrected chi connectivity index (χ0v) is 20.3. The third-order valence-corrected chi connectivity index (χ3v) is 6.27. The molecule has 2 amide bonds. The van der Waals surface area contributed by atoms with Gasteiger partial charge in [-0.25, -0.2) is 9.59 Å². The van der Waals surface area contributed by atoms with Gasteiger partial charge in [-0.05, 0) is 40.5 Å². The van der Waals surface area contributed by atoms with Crippen molar-refractivity contribution in [3.8, 4) is 11.1 Å². The zero-order valence-electron chi connectivity index (χ0n) is 20.3. The maximum absolute atomic E-state index is 12.4. The SMILES string of the molecule is CC(CCCNC(=O)OCC1c2ccccc2-c2ccccc21)C(=O)N[C@H](C(=O)O)C(C)(C)C. The minimum Gasteiger partial charge on any atom is -0.480 e. The Morgan fingerprint density at radius 1 is 1.00 bits per heavy atom. The molecular weight excluding hydrogens is 432 g/mol. The highest BCUT2D eigenvalue weighted by atomic mass is 16.5. The Labute approximate surface area is 200 Å². The summed E-state index contributed by atoms with van der Waals surface area (Å²) < 4.78 is 5.52. The van der Waals surface area contributed by atoms with Crippen LogP contribution in [-0.2, 0) is 14.3 Å². The molecule has 0 aliphatic heterocycles. The largest absolute Gasteiger partial charge is 0.480 e. The van der Waals surface area contributed by atoms with E-state index in [2.05, 4.69) is 34.9 Å². The van der Waals surface area contributed by atoms with Gasteiger partial charge in [-0.3, -0.25) is 4.79 Å². The number of carbonyl (C=O) groups excluding carboxylic acids is 2. The van der Waals surface area contributed by atoms with Gasteiger partial charge in [0.05, 0.1) is 0 Å². The van der Waals surface area contributed by atoms with Gasteiger partial charge >= 0.3 is 12.1 Å². The summed E-state index contributed by atoms with van der Waals surface area (Å²) in [5.74, 6) is -1.71. The summed E-state index contributed by atoms with van der Waals surface area (Å²) in [4.78, 5) is 36.1. The van der Waals surface area contributed by atoms with Gasteiger partial charge in [-0.1, -0.05) is 76.2 Å². The highest BCUT2D eigenvalue weighted by Crippen LogP contribution is 2.44. The number of nitrogens with one attached hydrogen (secondary N) is 2. The fraction of sp³-hybridized carbons (Fsp3) is 0.444. The monoisotopic (exact) mass is 466 g/mol. The molecule has 0 heterocycles. The number of rotatable bonds is 9. The van der Waals surface area contributed by atoms with Crippen LogP contribution in [0.2, 0.25) is 0 Å². The number of fused-ring (bicyclic) bond motifs is 3. The third-order valence-electron chi connectivity index (χ3n) is 6.27. The Hall–Kier alpha value is -3.35. The Balaban J connectivity index is 1.42. The molecule has 2 aromatic carbocycles. The molecule has 2 aromatic rings. The van der Waals surface area contributed by atoms with Crippen molar-refractivity contribution in [3.63, 3.8) is 0 Å². The topological polar surface area (TPSA) is 105 Å². The molecule has 3 N–H and O–H groups in total. The zero-order chi connectivity index (χ0) is 24.9. The molecule has 0 radical (unpaired) electrons. The number of carbonyl (C=O) groups is 3. The first-order valence-corrected chi connectivity index (χ1v) is 11.7. The van der Waals surface area contributed by atoms with Gasteiger partial charge in [0.25, 0.3) is 0 Å². The van der Waals surface area contributed by atoms with Crippen molar-refractivity contribution in [3.05, 3.63) is 59.7 Å². The second-order valence-electron chi connectivity index (χ2n) is 9.94. The molecule has 0 bridgehead atoms. The number of hydrogen-bond donors (Lipinski definition) is 3. The van der Waals surface area contributed by atoms with Crippen molar-refractivity contribution in [2.45, 2.75) is 52.5 Å². The number of alkyl carbamates (subject to hydrolysis) is 1. The summed E-state index contributed by atoms with van der Waals surface area (Å²) in [6, 6.07) is 15.4. The Morgan fingerprint density at radius 2 is 1.56 bits per heavy atom. The summed E-state index contributed by atoms with van der Waals surface area (Å²) in [7, 11) is 0. The average molecular weight is 467 g/mol. The molecule has 0 fully saturated rings. The molecule has 1 aliphatic rings. The van der Waals surface area contributed by atoms with Crippen molar-refractivity contribution >= 4 is 18.0 Å². The predicted molar refractivity (Wildman–Crippen MR) is 130 cm³/mol. The quantitative estimate of drug-likeness (QED) is 0.470. The van der Waals surface area contributed by atoms with E-state index in [1.165, 1.54) is 11.1 Å². The summed E-state index contributed by atoms with van der Waals surface area (Å²) in [6.45, 7) is 7.70. The van der Waals surface area contributed by atoms with Crippen molar-refractivity contribution in [1.82, 2.24) is 10.6 Å². The van der Waals surface area contributed by atoms with Crippen molar-refractivity contribution in [2.75, 3.05) is 13.2 Å². The van der Waals surface area contributed by atoms with Crippen LogP contribution in [-0.4, -0.2) is 42.3 Å². The van der Waals surface area contributed by atoms with Crippen LogP contribution >= 0.6 is 0 Å². The number of amides is 2. The van der Waals surface area contributed by atoms with E-state index in [9.17, 15) is 19.5 Å². The molecule has 1 aliphatic carbocycles. The van der Waals surface area contributed by atoms with Gasteiger partial charge in [-0.15, -0.1) is 0 Å². The van der Waals surface area contributed by atoms with E-state index in [-0.39, 0.29) is 24.3 Å². The number of aliphatic carboxylic acids is 1.